The average Bonchev–Trinajstić information content (AvgIpc) is 2.34. The fourth-order valence-electron chi connectivity index (χ4n) is 0.391. The Hall–Kier alpha value is -2.31. The molecule has 1 heterocycles. The molecule has 0 spiro atoms. The van der Waals surface area contributed by atoms with Crippen LogP contribution in [0.3, 0.4) is 0 Å². The van der Waals surface area contributed by atoms with Crippen LogP contribution < -0.4 is 0 Å². The molecule has 15 heavy (non-hydrogen) atoms. The second-order valence-corrected chi connectivity index (χ2v) is 2.50. The molecule has 7 nitrogen and oxygen atoms in total. The van der Waals surface area contributed by atoms with Gasteiger partial charge in [-0.3, -0.25) is 0 Å². The Kier molecular flexibility index (Phi) is 4.06. The highest BCUT2D eigenvalue weighted by Gasteiger charge is 2.16. The summed E-state index contributed by atoms with van der Waals surface area (Å²) in [7, 11) is 0. The third-order valence-corrected chi connectivity index (χ3v) is 1.19. The molecule has 0 saturated carbocycles. The van der Waals surface area contributed by atoms with Crippen molar-refractivity contribution in [3.05, 3.63) is 12.2 Å². The predicted octanol–water partition coefficient (Wildman–Crippen LogP) is 0.749. The van der Waals surface area contributed by atoms with Gasteiger partial charge < -0.3 is 29.9 Å². The molecular formula is C8H10O7. The number of carboxylic acid groups (broad SMARTS) is 1. The number of carboxylic acids is 1. The first-order valence-electron chi connectivity index (χ1n) is 3.58. The van der Waals surface area contributed by atoms with Gasteiger partial charge in [-0.25, -0.2) is 4.79 Å². The lowest BCUT2D eigenvalue weighted by atomic mass is 10.4. The van der Waals surface area contributed by atoms with Gasteiger partial charge in [-0.1, -0.05) is 6.58 Å². The molecule has 0 aliphatic rings. The van der Waals surface area contributed by atoms with E-state index >= 15 is 0 Å². The summed E-state index contributed by atoms with van der Waals surface area (Å²) < 4.78 is 3.96. The van der Waals surface area contributed by atoms with E-state index in [9.17, 15) is 4.79 Å². The predicted molar refractivity (Wildman–Crippen MR) is 47.8 cm³/mol. The minimum atomic E-state index is -0.935. The number of hydrogen-bond acceptors (Lipinski definition) is 6. The van der Waals surface area contributed by atoms with Gasteiger partial charge in [0.1, 0.15) is 0 Å². The zero-order chi connectivity index (χ0) is 12.2. The fourth-order valence-corrected chi connectivity index (χ4v) is 0.391. The van der Waals surface area contributed by atoms with Gasteiger partial charge in [-0.15, -0.1) is 0 Å². The van der Waals surface area contributed by atoms with E-state index in [1.807, 2.05) is 0 Å². The highest BCUT2D eigenvalue weighted by molar-refractivity contribution is 5.84. The van der Waals surface area contributed by atoms with Crippen molar-refractivity contribution in [3.63, 3.8) is 0 Å². The fraction of sp³-hybridized carbons (Fsp3) is 0.125. The summed E-state index contributed by atoms with van der Waals surface area (Å²) in [6.07, 6.45) is 0. The Morgan fingerprint density at radius 2 is 1.40 bits per heavy atom. The van der Waals surface area contributed by atoms with Crippen LogP contribution >= 0.6 is 0 Å². The topological polar surface area (TPSA) is 131 Å². The van der Waals surface area contributed by atoms with Gasteiger partial charge in [-0.2, -0.15) is 0 Å². The lowest BCUT2D eigenvalue weighted by Gasteiger charge is -1.81. The van der Waals surface area contributed by atoms with E-state index in [1.165, 1.54) is 6.92 Å². The van der Waals surface area contributed by atoms with Crippen molar-refractivity contribution >= 4 is 5.97 Å². The molecule has 0 aliphatic heterocycles. The van der Waals surface area contributed by atoms with Crippen LogP contribution in [0.4, 0.5) is 0 Å². The molecule has 7 heteroatoms. The zero-order valence-electron chi connectivity index (χ0n) is 7.76. The van der Waals surface area contributed by atoms with E-state index in [0.29, 0.717) is 0 Å². The van der Waals surface area contributed by atoms with Gasteiger partial charge in [0.2, 0.25) is 11.5 Å². The van der Waals surface area contributed by atoms with Crippen LogP contribution in [0.25, 0.3) is 0 Å². The third kappa shape index (κ3) is 3.51. The first kappa shape index (κ1) is 12.7. The van der Waals surface area contributed by atoms with Gasteiger partial charge in [0, 0.05) is 5.57 Å². The Morgan fingerprint density at radius 1 is 1.13 bits per heavy atom. The van der Waals surface area contributed by atoms with Gasteiger partial charge in [0.05, 0.1) is 0 Å². The van der Waals surface area contributed by atoms with E-state index in [1.54, 1.807) is 0 Å². The second kappa shape index (κ2) is 4.80. The number of hydrogen-bond donors (Lipinski definition) is 5. The standard InChI is InChI=1S/C4H4O5.C4H6O2/c5-1-2(6)4(8)9-3(1)7;1-3(2)4(5)6/h5-8H;1H2,2H3,(H,5,6). The molecule has 1 rings (SSSR count). The molecule has 1 aromatic heterocycles. The lowest BCUT2D eigenvalue weighted by molar-refractivity contribution is -0.132. The summed E-state index contributed by atoms with van der Waals surface area (Å²) in [6.45, 7) is 4.60. The van der Waals surface area contributed by atoms with Crippen LogP contribution in [-0.2, 0) is 4.79 Å². The van der Waals surface area contributed by atoms with Crippen LogP contribution in [0.2, 0.25) is 0 Å². The van der Waals surface area contributed by atoms with Crippen molar-refractivity contribution < 1.29 is 34.7 Å². The van der Waals surface area contributed by atoms with Crippen molar-refractivity contribution in [2.75, 3.05) is 0 Å². The number of furan rings is 1. The van der Waals surface area contributed by atoms with Crippen molar-refractivity contribution in [1.29, 1.82) is 0 Å². The minimum Gasteiger partial charge on any atom is -0.499 e. The number of aromatic hydroxyl groups is 4. The summed E-state index contributed by atoms with van der Waals surface area (Å²) in [4.78, 5) is 9.60. The summed E-state index contributed by atoms with van der Waals surface area (Å²) in [6, 6.07) is 0. The Morgan fingerprint density at radius 3 is 1.47 bits per heavy atom. The maximum absolute atomic E-state index is 9.60. The molecule has 0 aliphatic carbocycles. The molecule has 0 radical (unpaired) electrons. The minimum absolute atomic E-state index is 0.176. The largest absolute Gasteiger partial charge is 0.499 e. The molecule has 0 aromatic carbocycles. The lowest BCUT2D eigenvalue weighted by Crippen LogP contribution is -1.92. The van der Waals surface area contributed by atoms with Crippen molar-refractivity contribution in [2.45, 2.75) is 6.92 Å². The first-order valence-corrected chi connectivity index (χ1v) is 3.58. The number of carbonyl (C=O) groups is 1. The second-order valence-electron chi connectivity index (χ2n) is 2.50. The molecule has 1 aromatic rings. The number of aliphatic carboxylic acids is 1. The van der Waals surface area contributed by atoms with Gasteiger partial charge in [0.25, 0.3) is 0 Å². The molecule has 0 saturated heterocycles. The van der Waals surface area contributed by atoms with Gasteiger partial charge >= 0.3 is 17.9 Å². The summed E-state index contributed by atoms with van der Waals surface area (Å²) in [5, 5.41) is 41.6. The van der Waals surface area contributed by atoms with Gasteiger partial charge in [-0.05, 0) is 6.92 Å². The van der Waals surface area contributed by atoms with Crippen molar-refractivity contribution in [3.8, 4) is 23.4 Å². The average molecular weight is 218 g/mol. The highest BCUT2D eigenvalue weighted by Crippen LogP contribution is 2.44. The SMILES string of the molecule is C=C(C)C(=O)O.Oc1oc(O)c(O)c1O. The Bertz CT molecular complexity index is 342. The number of rotatable bonds is 1. The normalized spacial score (nSPS) is 8.87. The smallest absolute Gasteiger partial charge is 0.333 e. The molecule has 0 bridgehead atoms. The van der Waals surface area contributed by atoms with Crippen molar-refractivity contribution in [2.24, 2.45) is 0 Å². The van der Waals surface area contributed by atoms with Crippen LogP contribution in [0.15, 0.2) is 16.6 Å². The molecule has 0 atom stereocenters. The molecule has 5 N–H and O–H groups in total. The Balaban J connectivity index is 0.000000288. The van der Waals surface area contributed by atoms with Crippen molar-refractivity contribution in [1.82, 2.24) is 0 Å². The molecule has 0 fully saturated rings. The summed E-state index contributed by atoms with van der Waals surface area (Å²) >= 11 is 0. The van der Waals surface area contributed by atoms with Crippen LogP contribution in [-0.4, -0.2) is 31.5 Å². The van der Waals surface area contributed by atoms with Gasteiger partial charge in [0.15, 0.2) is 0 Å². The maximum atomic E-state index is 9.60. The van der Waals surface area contributed by atoms with Crippen LogP contribution in [0.5, 0.6) is 23.4 Å². The van der Waals surface area contributed by atoms with E-state index in [0.717, 1.165) is 0 Å². The first-order chi connectivity index (χ1) is 6.77. The Labute approximate surface area is 84.1 Å². The summed E-state index contributed by atoms with van der Waals surface area (Å²) in [5.74, 6) is -4.44. The molecule has 0 amide bonds. The van der Waals surface area contributed by atoms with E-state index < -0.39 is 29.4 Å². The third-order valence-electron chi connectivity index (χ3n) is 1.19. The zero-order valence-corrected chi connectivity index (χ0v) is 7.76. The molecule has 0 unspecified atom stereocenters. The van der Waals surface area contributed by atoms with Crippen LogP contribution in [0, 0.1) is 0 Å². The van der Waals surface area contributed by atoms with E-state index in [-0.39, 0.29) is 5.57 Å². The van der Waals surface area contributed by atoms with E-state index in [2.05, 4.69) is 11.0 Å². The molecular weight excluding hydrogens is 208 g/mol. The highest BCUT2D eigenvalue weighted by atomic mass is 16.6. The van der Waals surface area contributed by atoms with Crippen LogP contribution in [0.1, 0.15) is 6.92 Å². The van der Waals surface area contributed by atoms with E-state index in [4.69, 9.17) is 25.5 Å². The maximum Gasteiger partial charge on any atom is 0.333 e. The monoisotopic (exact) mass is 218 g/mol. The molecule has 84 valence electrons. The quantitative estimate of drug-likeness (QED) is 0.439. The summed E-state index contributed by atoms with van der Waals surface area (Å²) in [5.41, 5.74) is 0.176.